The van der Waals surface area contributed by atoms with Crippen LogP contribution >= 0.6 is 0 Å². The van der Waals surface area contributed by atoms with Crippen LogP contribution in [0.25, 0.3) is 0 Å². The third-order valence-corrected chi connectivity index (χ3v) is 3.92. The van der Waals surface area contributed by atoms with Crippen molar-refractivity contribution in [2.45, 2.75) is 65.3 Å². The van der Waals surface area contributed by atoms with Gasteiger partial charge in [-0.25, -0.2) is 4.98 Å². The Morgan fingerprint density at radius 2 is 2.11 bits per heavy atom. The fourth-order valence-electron chi connectivity index (χ4n) is 2.96. The molecule has 1 aliphatic carbocycles. The normalized spacial score (nSPS) is 17.0. The average molecular weight is 249 g/mol. The topological polar surface area (TPSA) is 29.9 Å². The van der Waals surface area contributed by atoms with Crippen molar-refractivity contribution in [1.29, 1.82) is 0 Å². The lowest BCUT2D eigenvalue weighted by Gasteiger charge is -2.21. The van der Waals surface area contributed by atoms with E-state index in [9.17, 15) is 0 Å². The van der Waals surface area contributed by atoms with Crippen LogP contribution in [0.15, 0.2) is 6.20 Å². The molecule has 3 heteroatoms. The molecule has 0 saturated heterocycles. The number of aromatic nitrogens is 2. The molecule has 0 radical (unpaired) electrons. The Morgan fingerprint density at radius 3 is 2.83 bits per heavy atom. The van der Waals surface area contributed by atoms with Crippen LogP contribution in [0.3, 0.4) is 0 Å². The lowest BCUT2D eigenvalue weighted by Crippen LogP contribution is -2.14. The van der Waals surface area contributed by atoms with Gasteiger partial charge in [0.05, 0.1) is 5.69 Å². The SMILES string of the molecule is CCCn1cc(C)nc1NCCC1CCCCC1. The van der Waals surface area contributed by atoms with Crippen molar-refractivity contribution in [1.82, 2.24) is 9.55 Å². The summed E-state index contributed by atoms with van der Waals surface area (Å²) in [5.74, 6) is 2.01. The van der Waals surface area contributed by atoms with Gasteiger partial charge in [0, 0.05) is 19.3 Å². The standard InChI is InChI=1S/C15H27N3/c1-3-11-18-12-13(2)17-15(18)16-10-9-14-7-5-4-6-8-14/h12,14H,3-11H2,1-2H3,(H,16,17). The first kappa shape index (κ1) is 13.4. The summed E-state index contributed by atoms with van der Waals surface area (Å²) < 4.78 is 2.25. The van der Waals surface area contributed by atoms with Gasteiger partial charge in [0.2, 0.25) is 5.95 Å². The lowest BCUT2D eigenvalue weighted by atomic mass is 9.87. The van der Waals surface area contributed by atoms with Crippen LogP contribution in [0.2, 0.25) is 0 Å². The molecule has 1 N–H and O–H groups in total. The fraction of sp³-hybridized carbons (Fsp3) is 0.800. The number of nitrogens with zero attached hydrogens (tertiary/aromatic N) is 2. The highest BCUT2D eigenvalue weighted by Gasteiger charge is 2.13. The minimum atomic E-state index is 0.946. The van der Waals surface area contributed by atoms with Gasteiger partial charge in [-0.1, -0.05) is 39.0 Å². The maximum atomic E-state index is 4.56. The molecule has 2 rings (SSSR count). The number of imidazole rings is 1. The first-order valence-corrected chi connectivity index (χ1v) is 7.57. The molecule has 1 aliphatic rings. The number of hydrogen-bond donors (Lipinski definition) is 1. The summed E-state index contributed by atoms with van der Waals surface area (Å²) in [4.78, 5) is 4.56. The highest BCUT2D eigenvalue weighted by atomic mass is 15.2. The van der Waals surface area contributed by atoms with E-state index in [1.807, 2.05) is 0 Å². The number of hydrogen-bond acceptors (Lipinski definition) is 2. The summed E-state index contributed by atoms with van der Waals surface area (Å²) in [5, 5.41) is 3.52. The maximum Gasteiger partial charge on any atom is 0.203 e. The van der Waals surface area contributed by atoms with Crippen molar-refractivity contribution in [3.05, 3.63) is 11.9 Å². The van der Waals surface area contributed by atoms with Crippen LogP contribution in [0.1, 0.15) is 57.6 Å². The molecule has 0 unspecified atom stereocenters. The van der Waals surface area contributed by atoms with E-state index in [1.165, 1.54) is 38.5 Å². The Kier molecular flexibility index (Phi) is 5.09. The molecule has 1 saturated carbocycles. The second-order valence-corrected chi connectivity index (χ2v) is 5.62. The zero-order chi connectivity index (χ0) is 12.8. The molecule has 0 aliphatic heterocycles. The van der Waals surface area contributed by atoms with Crippen molar-refractivity contribution in [2.75, 3.05) is 11.9 Å². The van der Waals surface area contributed by atoms with Crippen molar-refractivity contribution < 1.29 is 0 Å². The van der Waals surface area contributed by atoms with E-state index >= 15 is 0 Å². The van der Waals surface area contributed by atoms with Crippen LogP contribution < -0.4 is 5.32 Å². The average Bonchev–Trinajstić information content (AvgIpc) is 2.72. The molecule has 0 spiro atoms. The van der Waals surface area contributed by atoms with Crippen molar-refractivity contribution in [3.63, 3.8) is 0 Å². The first-order valence-electron chi connectivity index (χ1n) is 7.57. The molecule has 0 amide bonds. The maximum absolute atomic E-state index is 4.56. The predicted molar refractivity (Wildman–Crippen MR) is 76.9 cm³/mol. The highest BCUT2D eigenvalue weighted by Crippen LogP contribution is 2.26. The lowest BCUT2D eigenvalue weighted by molar-refractivity contribution is 0.345. The van der Waals surface area contributed by atoms with Crippen LogP contribution in [0.5, 0.6) is 0 Å². The summed E-state index contributed by atoms with van der Waals surface area (Å²) in [6, 6.07) is 0. The minimum Gasteiger partial charge on any atom is -0.356 e. The van der Waals surface area contributed by atoms with Gasteiger partial charge in [-0.15, -0.1) is 0 Å². The van der Waals surface area contributed by atoms with E-state index in [1.54, 1.807) is 0 Å². The number of nitrogens with one attached hydrogen (secondary N) is 1. The van der Waals surface area contributed by atoms with Gasteiger partial charge >= 0.3 is 0 Å². The first-order chi connectivity index (χ1) is 8.79. The Bertz CT molecular complexity index is 351. The highest BCUT2D eigenvalue weighted by molar-refractivity contribution is 5.28. The van der Waals surface area contributed by atoms with Gasteiger partial charge in [0.1, 0.15) is 0 Å². The predicted octanol–water partition coefficient (Wildman–Crippen LogP) is 3.98. The molecule has 0 atom stereocenters. The van der Waals surface area contributed by atoms with Gasteiger partial charge in [0.25, 0.3) is 0 Å². The Labute approximate surface area is 111 Å². The van der Waals surface area contributed by atoms with E-state index in [4.69, 9.17) is 0 Å². The molecule has 1 fully saturated rings. The third kappa shape index (κ3) is 3.76. The third-order valence-electron chi connectivity index (χ3n) is 3.92. The molecule has 102 valence electrons. The molecule has 1 aromatic rings. The van der Waals surface area contributed by atoms with Crippen LogP contribution in [-0.2, 0) is 6.54 Å². The summed E-state index contributed by atoms with van der Waals surface area (Å²) in [6.45, 7) is 6.41. The zero-order valence-corrected chi connectivity index (χ0v) is 11.9. The monoisotopic (exact) mass is 249 g/mol. The smallest absolute Gasteiger partial charge is 0.203 e. The largest absolute Gasteiger partial charge is 0.356 e. The number of rotatable bonds is 6. The fourth-order valence-corrected chi connectivity index (χ4v) is 2.96. The van der Waals surface area contributed by atoms with Crippen molar-refractivity contribution >= 4 is 5.95 Å². The minimum absolute atomic E-state index is 0.946. The van der Waals surface area contributed by atoms with Crippen LogP contribution in [0.4, 0.5) is 5.95 Å². The van der Waals surface area contributed by atoms with E-state index in [2.05, 4.69) is 34.9 Å². The van der Waals surface area contributed by atoms with Gasteiger partial charge in [-0.05, 0) is 25.7 Å². The molecular formula is C15H27N3. The van der Waals surface area contributed by atoms with Gasteiger partial charge in [0.15, 0.2) is 0 Å². The zero-order valence-electron chi connectivity index (χ0n) is 11.9. The summed E-state index contributed by atoms with van der Waals surface area (Å²) in [7, 11) is 0. The molecule has 3 nitrogen and oxygen atoms in total. The number of aryl methyl sites for hydroxylation is 2. The molecule has 0 aromatic carbocycles. The molecule has 18 heavy (non-hydrogen) atoms. The van der Waals surface area contributed by atoms with Crippen molar-refractivity contribution in [2.24, 2.45) is 5.92 Å². The van der Waals surface area contributed by atoms with Crippen LogP contribution in [0, 0.1) is 12.8 Å². The Hall–Kier alpha value is -0.990. The Balaban J connectivity index is 1.78. The molecule has 1 aromatic heterocycles. The van der Waals surface area contributed by atoms with E-state index in [0.29, 0.717) is 0 Å². The molecule has 0 bridgehead atoms. The number of anilines is 1. The van der Waals surface area contributed by atoms with Crippen LogP contribution in [-0.4, -0.2) is 16.1 Å². The second-order valence-electron chi connectivity index (χ2n) is 5.62. The van der Waals surface area contributed by atoms with Crippen molar-refractivity contribution in [3.8, 4) is 0 Å². The summed E-state index contributed by atoms with van der Waals surface area (Å²) >= 11 is 0. The second kappa shape index (κ2) is 6.81. The van der Waals surface area contributed by atoms with E-state index in [0.717, 1.165) is 37.1 Å². The molecule has 1 heterocycles. The quantitative estimate of drug-likeness (QED) is 0.826. The Morgan fingerprint density at radius 1 is 1.33 bits per heavy atom. The van der Waals surface area contributed by atoms with E-state index < -0.39 is 0 Å². The van der Waals surface area contributed by atoms with Gasteiger partial charge in [-0.2, -0.15) is 0 Å². The van der Waals surface area contributed by atoms with Gasteiger partial charge in [-0.3, -0.25) is 0 Å². The summed E-state index contributed by atoms with van der Waals surface area (Å²) in [6.07, 6.45) is 11.8. The van der Waals surface area contributed by atoms with Gasteiger partial charge < -0.3 is 9.88 Å². The van der Waals surface area contributed by atoms with E-state index in [-0.39, 0.29) is 0 Å². The molecular weight excluding hydrogens is 222 g/mol. The summed E-state index contributed by atoms with van der Waals surface area (Å²) in [5.41, 5.74) is 1.11.